The van der Waals surface area contributed by atoms with Gasteiger partial charge in [0.1, 0.15) is 5.01 Å². The van der Waals surface area contributed by atoms with E-state index in [4.69, 9.17) is 14.6 Å². The number of aromatic nitrogens is 1. The molecule has 0 saturated heterocycles. The van der Waals surface area contributed by atoms with Gasteiger partial charge in [0.25, 0.3) is 5.91 Å². The summed E-state index contributed by atoms with van der Waals surface area (Å²) in [7, 11) is 0. The number of nitrogens with one attached hydrogen (secondary N) is 1. The van der Waals surface area contributed by atoms with Gasteiger partial charge < -0.3 is 19.9 Å². The van der Waals surface area contributed by atoms with E-state index in [1.54, 1.807) is 25.3 Å². The van der Waals surface area contributed by atoms with Crippen LogP contribution in [0, 0.1) is 0 Å². The maximum absolute atomic E-state index is 12.7. The van der Waals surface area contributed by atoms with Crippen LogP contribution in [0.4, 0.5) is 0 Å². The Bertz CT molecular complexity index is 763. The standard InChI is InChI=1S/C18H22N2O5S/c1-4-18(3,17-19-8-9-26-17)20-16(23)12-6-7-13(25-11-15(21)22)14(10-12)24-5-2/h6-10H,4-5,11H2,1-3H3,(H,20,23)(H,21,22). The van der Waals surface area contributed by atoms with Crippen LogP contribution in [0.3, 0.4) is 0 Å². The Morgan fingerprint density at radius 1 is 1.27 bits per heavy atom. The summed E-state index contributed by atoms with van der Waals surface area (Å²) < 4.78 is 10.7. The number of hydrogen-bond acceptors (Lipinski definition) is 6. The van der Waals surface area contributed by atoms with Gasteiger partial charge in [0, 0.05) is 17.1 Å². The SMILES string of the molecule is CCOc1cc(C(=O)NC(C)(CC)c2nccs2)ccc1OCC(=O)O. The summed E-state index contributed by atoms with van der Waals surface area (Å²) in [5.74, 6) is -0.746. The molecule has 0 fully saturated rings. The zero-order valence-corrected chi connectivity index (χ0v) is 15.8. The van der Waals surface area contributed by atoms with Crippen molar-refractivity contribution in [3.05, 3.63) is 40.3 Å². The molecule has 2 rings (SSSR count). The predicted octanol–water partition coefficient (Wildman–Crippen LogP) is 3.06. The van der Waals surface area contributed by atoms with Crippen LogP contribution in [0.1, 0.15) is 42.6 Å². The van der Waals surface area contributed by atoms with Crippen molar-refractivity contribution in [3.8, 4) is 11.5 Å². The number of thiazole rings is 1. The first kappa shape index (κ1) is 19.7. The smallest absolute Gasteiger partial charge is 0.341 e. The number of carbonyl (C=O) groups is 2. The van der Waals surface area contributed by atoms with Gasteiger partial charge in [-0.15, -0.1) is 11.3 Å². The molecule has 0 saturated carbocycles. The molecule has 0 aliphatic rings. The summed E-state index contributed by atoms with van der Waals surface area (Å²) in [6, 6.07) is 4.66. The van der Waals surface area contributed by atoms with Crippen LogP contribution < -0.4 is 14.8 Å². The fourth-order valence-electron chi connectivity index (χ4n) is 2.29. The maximum Gasteiger partial charge on any atom is 0.341 e. The number of nitrogens with zero attached hydrogens (tertiary/aromatic N) is 1. The van der Waals surface area contributed by atoms with Crippen molar-refractivity contribution < 1.29 is 24.2 Å². The molecule has 1 aromatic carbocycles. The lowest BCUT2D eigenvalue weighted by atomic mass is 9.99. The highest BCUT2D eigenvalue weighted by atomic mass is 32.1. The minimum atomic E-state index is -1.09. The van der Waals surface area contributed by atoms with Gasteiger partial charge in [-0.1, -0.05) is 6.92 Å². The molecule has 1 unspecified atom stereocenters. The first-order valence-corrected chi connectivity index (χ1v) is 9.11. The van der Waals surface area contributed by atoms with E-state index in [0.717, 1.165) is 5.01 Å². The number of amides is 1. The Labute approximate surface area is 156 Å². The number of hydrogen-bond donors (Lipinski definition) is 2. The fraction of sp³-hybridized carbons (Fsp3) is 0.389. The largest absolute Gasteiger partial charge is 0.490 e. The first-order chi connectivity index (χ1) is 12.4. The molecule has 7 nitrogen and oxygen atoms in total. The molecular formula is C18H22N2O5S. The molecular weight excluding hydrogens is 356 g/mol. The molecule has 0 radical (unpaired) electrons. The summed E-state index contributed by atoms with van der Waals surface area (Å²) in [5.41, 5.74) is -0.178. The normalized spacial score (nSPS) is 12.9. The van der Waals surface area contributed by atoms with Crippen molar-refractivity contribution in [3.63, 3.8) is 0 Å². The number of aliphatic carboxylic acids is 1. The van der Waals surface area contributed by atoms with Gasteiger partial charge in [0.2, 0.25) is 0 Å². The fourth-order valence-corrected chi connectivity index (χ4v) is 3.12. The van der Waals surface area contributed by atoms with Crippen LogP contribution in [0.15, 0.2) is 29.8 Å². The quantitative estimate of drug-likeness (QED) is 0.696. The van der Waals surface area contributed by atoms with E-state index in [9.17, 15) is 9.59 Å². The van der Waals surface area contributed by atoms with E-state index in [2.05, 4.69) is 10.3 Å². The number of ether oxygens (including phenoxy) is 2. The van der Waals surface area contributed by atoms with Crippen molar-refractivity contribution >= 4 is 23.2 Å². The second-order valence-electron chi connectivity index (χ2n) is 5.75. The van der Waals surface area contributed by atoms with Crippen molar-refractivity contribution in [1.82, 2.24) is 10.3 Å². The molecule has 2 N–H and O–H groups in total. The Morgan fingerprint density at radius 3 is 2.62 bits per heavy atom. The van der Waals surface area contributed by atoms with E-state index in [1.165, 1.54) is 17.4 Å². The van der Waals surface area contributed by atoms with Crippen molar-refractivity contribution in [2.45, 2.75) is 32.7 Å². The van der Waals surface area contributed by atoms with Crippen molar-refractivity contribution in [2.24, 2.45) is 0 Å². The topological polar surface area (TPSA) is 97.8 Å². The molecule has 1 amide bonds. The molecule has 2 aromatic rings. The molecule has 1 heterocycles. The molecule has 8 heteroatoms. The minimum Gasteiger partial charge on any atom is -0.490 e. The molecule has 0 bridgehead atoms. The van der Waals surface area contributed by atoms with Crippen LogP contribution in [-0.2, 0) is 10.3 Å². The van der Waals surface area contributed by atoms with Crippen LogP contribution in [0.5, 0.6) is 11.5 Å². The molecule has 1 aromatic heterocycles. The Kier molecular flexibility index (Phi) is 6.57. The summed E-state index contributed by atoms with van der Waals surface area (Å²) in [4.78, 5) is 27.7. The van der Waals surface area contributed by atoms with Gasteiger partial charge in [-0.3, -0.25) is 4.79 Å². The summed E-state index contributed by atoms with van der Waals surface area (Å²) in [5, 5.41) is 14.5. The zero-order chi connectivity index (χ0) is 19.2. The Hall–Kier alpha value is -2.61. The lowest BCUT2D eigenvalue weighted by molar-refractivity contribution is -0.139. The van der Waals surface area contributed by atoms with E-state index < -0.39 is 18.1 Å². The molecule has 0 aliphatic carbocycles. The van der Waals surface area contributed by atoms with Gasteiger partial charge in [0.15, 0.2) is 18.1 Å². The number of carboxylic acid groups (broad SMARTS) is 1. The Morgan fingerprint density at radius 2 is 2.04 bits per heavy atom. The number of carboxylic acids is 1. The lowest BCUT2D eigenvalue weighted by Gasteiger charge is -2.27. The van der Waals surface area contributed by atoms with E-state index in [-0.39, 0.29) is 11.7 Å². The highest BCUT2D eigenvalue weighted by molar-refractivity contribution is 7.09. The molecule has 0 aliphatic heterocycles. The van der Waals surface area contributed by atoms with Gasteiger partial charge in [0.05, 0.1) is 12.1 Å². The second kappa shape index (κ2) is 8.66. The van der Waals surface area contributed by atoms with Gasteiger partial charge in [-0.05, 0) is 38.5 Å². The summed E-state index contributed by atoms with van der Waals surface area (Å²) in [6.07, 6.45) is 2.40. The van der Waals surface area contributed by atoms with Crippen molar-refractivity contribution in [1.29, 1.82) is 0 Å². The summed E-state index contributed by atoms with van der Waals surface area (Å²) >= 11 is 1.49. The minimum absolute atomic E-state index is 0.268. The van der Waals surface area contributed by atoms with Gasteiger partial charge >= 0.3 is 5.97 Å². The number of rotatable bonds is 9. The average Bonchev–Trinajstić information content (AvgIpc) is 3.16. The maximum atomic E-state index is 12.7. The van der Waals surface area contributed by atoms with Gasteiger partial charge in [-0.25, -0.2) is 9.78 Å². The number of benzene rings is 1. The van der Waals surface area contributed by atoms with Crippen molar-refractivity contribution in [2.75, 3.05) is 13.2 Å². The van der Waals surface area contributed by atoms with Crippen LogP contribution in [0.25, 0.3) is 0 Å². The first-order valence-electron chi connectivity index (χ1n) is 8.23. The third-order valence-corrected chi connectivity index (χ3v) is 4.89. The lowest BCUT2D eigenvalue weighted by Crippen LogP contribution is -2.43. The highest BCUT2D eigenvalue weighted by Crippen LogP contribution is 2.30. The third kappa shape index (κ3) is 4.72. The highest BCUT2D eigenvalue weighted by Gasteiger charge is 2.29. The van der Waals surface area contributed by atoms with E-state index in [1.807, 2.05) is 19.2 Å². The monoisotopic (exact) mass is 378 g/mol. The van der Waals surface area contributed by atoms with Gasteiger partial charge in [-0.2, -0.15) is 0 Å². The summed E-state index contributed by atoms with van der Waals surface area (Å²) in [6.45, 7) is 5.59. The average molecular weight is 378 g/mol. The van der Waals surface area contributed by atoms with E-state index in [0.29, 0.717) is 24.3 Å². The number of carbonyl (C=O) groups excluding carboxylic acids is 1. The predicted molar refractivity (Wildman–Crippen MR) is 98.0 cm³/mol. The molecule has 0 spiro atoms. The Balaban J connectivity index is 2.22. The van der Waals surface area contributed by atoms with Crippen LogP contribution >= 0.6 is 11.3 Å². The molecule has 140 valence electrons. The van der Waals surface area contributed by atoms with Crippen LogP contribution in [-0.4, -0.2) is 35.2 Å². The molecule has 26 heavy (non-hydrogen) atoms. The van der Waals surface area contributed by atoms with E-state index >= 15 is 0 Å². The zero-order valence-electron chi connectivity index (χ0n) is 14.9. The van der Waals surface area contributed by atoms with Crippen LogP contribution in [0.2, 0.25) is 0 Å². The third-order valence-electron chi connectivity index (χ3n) is 3.86. The molecule has 1 atom stereocenters. The second-order valence-corrected chi connectivity index (χ2v) is 6.65.